The summed E-state index contributed by atoms with van der Waals surface area (Å²) < 4.78 is 4.99. The summed E-state index contributed by atoms with van der Waals surface area (Å²) in [5, 5.41) is 4.33. The van der Waals surface area contributed by atoms with E-state index in [2.05, 4.69) is 10.1 Å². The standard InChI is InChI=1S/C8H7N3O2S/c1-4-2-5(13-11-4)8-10-3-6(14-8)7(9)12/h2-3H,1H3,(H2,9,12). The van der Waals surface area contributed by atoms with Crippen LogP contribution in [0.4, 0.5) is 0 Å². The molecule has 0 aromatic carbocycles. The van der Waals surface area contributed by atoms with E-state index in [0.29, 0.717) is 15.6 Å². The van der Waals surface area contributed by atoms with Crippen LogP contribution in [0.5, 0.6) is 0 Å². The molecule has 2 aromatic rings. The van der Waals surface area contributed by atoms with Gasteiger partial charge in [-0.3, -0.25) is 4.79 Å². The molecule has 0 atom stereocenters. The Bertz CT molecular complexity index is 474. The van der Waals surface area contributed by atoms with Crippen LogP contribution in [0.3, 0.4) is 0 Å². The summed E-state index contributed by atoms with van der Waals surface area (Å²) in [7, 11) is 0. The highest BCUT2D eigenvalue weighted by Gasteiger charge is 2.11. The number of thiazole rings is 1. The maximum Gasteiger partial charge on any atom is 0.260 e. The first-order valence-corrected chi connectivity index (χ1v) is 4.68. The topological polar surface area (TPSA) is 82.0 Å². The molecule has 2 N–H and O–H groups in total. The number of carbonyl (C=O) groups is 1. The monoisotopic (exact) mass is 209 g/mol. The summed E-state index contributed by atoms with van der Waals surface area (Å²) in [5.41, 5.74) is 5.87. The van der Waals surface area contributed by atoms with Crippen LogP contribution in [-0.4, -0.2) is 16.0 Å². The highest BCUT2D eigenvalue weighted by Crippen LogP contribution is 2.25. The Morgan fingerprint density at radius 3 is 2.93 bits per heavy atom. The summed E-state index contributed by atoms with van der Waals surface area (Å²) in [6, 6.07) is 1.75. The largest absolute Gasteiger partial charge is 0.365 e. The minimum absolute atomic E-state index is 0.411. The fraction of sp³-hybridized carbons (Fsp3) is 0.125. The number of carbonyl (C=O) groups excluding carboxylic acids is 1. The van der Waals surface area contributed by atoms with Crippen LogP contribution in [0.2, 0.25) is 0 Å². The van der Waals surface area contributed by atoms with Gasteiger partial charge in [-0.2, -0.15) is 0 Å². The zero-order valence-electron chi connectivity index (χ0n) is 7.35. The van der Waals surface area contributed by atoms with Crippen LogP contribution in [0.1, 0.15) is 15.4 Å². The molecule has 0 spiro atoms. The van der Waals surface area contributed by atoms with Crippen LogP contribution in [0, 0.1) is 6.92 Å². The molecule has 0 aliphatic carbocycles. The first-order chi connectivity index (χ1) is 6.66. The number of nitrogens with zero attached hydrogens (tertiary/aromatic N) is 2. The molecule has 0 saturated heterocycles. The fourth-order valence-electron chi connectivity index (χ4n) is 0.966. The number of aryl methyl sites for hydroxylation is 1. The lowest BCUT2D eigenvalue weighted by atomic mass is 10.4. The Labute approximate surface area is 83.5 Å². The highest BCUT2D eigenvalue weighted by molar-refractivity contribution is 7.16. The number of amides is 1. The van der Waals surface area contributed by atoms with Crippen LogP contribution in [0.15, 0.2) is 16.8 Å². The Balaban J connectivity index is 2.38. The van der Waals surface area contributed by atoms with Gasteiger partial charge in [0.05, 0.1) is 11.9 Å². The molecule has 14 heavy (non-hydrogen) atoms. The van der Waals surface area contributed by atoms with Crippen LogP contribution in [0.25, 0.3) is 10.8 Å². The van der Waals surface area contributed by atoms with E-state index >= 15 is 0 Å². The van der Waals surface area contributed by atoms with Gasteiger partial charge < -0.3 is 10.3 Å². The second-order valence-corrected chi connectivity index (χ2v) is 3.76. The third kappa shape index (κ3) is 1.51. The average Bonchev–Trinajstić information content (AvgIpc) is 2.70. The van der Waals surface area contributed by atoms with Crippen LogP contribution < -0.4 is 5.73 Å². The number of rotatable bonds is 2. The Hall–Kier alpha value is -1.69. The van der Waals surface area contributed by atoms with Gasteiger partial charge in [-0.25, -0.2) is 4.98 Å². The Morgan fingerprint density at radius 1 is 1.64 bits per heavy atom. The quantitative estimate of drug-likeness (QED) is 0.805. The Morgan fingerprint density at radius 2 is 2.43 bits per heavy atom. The van der Waals surface area contributed by atoms with Crippen molar-refractivity contribution in [2.24, 2.45) is 5.73 Å². The molecule has 2 aromatic heterocycles. The van der Waals surface area contributed by atoms with Gasteiger partial charge in [-0.05, 0) is 6.92 Å². The van der Waals surface area contributed by atoms with Gasteiger partial charge in [0, 0.05) is 6.07 Å². The van der Waals surface area contributed by atoms with Crippen molar-refractivity contribution in [3.8, 4) is 10.8 Å². The number of aromatic nitrogens is 2. The first kappa shape index (κ1) is 8.89. The predicted molar refractivity (Wildman–Crippen MR) is 50.9 cm³/mol. The summed E-state index contributed by atoms with van der Waals surface area (Å²) in [6.07, 6.45) is 1.43. The molecule has 2 heterocycles. The van der Waals surface area contributed by atoms with E-state index in [-0.39, 0.29) is 0 Å². The minimum Gasteiger partial charge on any atom is -0.365 e. The van der Waals surface area contributed by atoms with E-state index in [1.165, 1.54) is 17.5 Å². The molecule has 6 heteroatoms. The molecule has 72 valence electrons. The first-order valence-electron chi connectivity index (χ1n) is 3.86. The van der Waals surface area contributed by atoms with E-state index in [1.54, 1.807) is 6.07 Å². The van der Waals surface area contributed by atoms with Gasteiger partial charge in [0.15, 0.2) is 10.8 Å². The lowest BCUT2D eigenvalue weighted by Gasteiger charge is -1.83. The lowest BCUT2D eigenvalue weighted by Crippen LogP contribution is -2.08. The Kier molecular flexibility index (Phi) is 2.05. The van der Waals surface area contributed by atoms with E-state index in [0.717, 1.165) is 5.69 Å². The number of hydrogen-bond acceptors (Lipinski definition) is 5. The summed E-state index contributed by atoms with van der Waals surface area (Å²) >= 11 is 1.19. The molecule has 0 aliphatic rings. The molecular weight excluding hydrogens is 202 g/mol. The summed E-state index contributed by atoms with van der Waals surface area (Å²) in [5.74, 6) is 0.0741. The van der Waals surface area contributed by atoms with Crippen molar-refractivity contribution in [3.63, 3.8) is 0 Å². The number of nitrogens with two attached hydrogens (primary N) is 1. The molecule has 0 fully saturated rings. The summed E-state index contributed by atoms with van der Waals surface area (Å²) in [4.78, 5) is 15.2. The van der Waals surface area contributed by atoms with E-state index in [4.69, 9.17) is 10.3 Å². The minimum atomic E-state index is -0.481. The van der Waals surface area contributed by atoms with Crippen molar-refractivity contribution in [1.82, 2.24) is 10.1 Å². The molecule has 0 radical (unpaired) electrons. The smallest absolute Gasteiger partial charge is 0.260 e. The van der Waals surface area contributed by atoms with Crippen molar-refractivity contribution in [2.45, 2.75) is 6.92 Å². The SMILES string of the molecule is Cc1cc(-c2ncc(C(N)=O)s2)on1. The van der Waals surface area contributed by atoms with Crippen LogP contribution >= 0.6 is 11.3 Å². The normalized spacial score (nSPS) is 10.4. The third-order valence-electron chi connectivity index (χ3n) is 1.59. The van der Waals surface area contributed by atoms with Crippen molar-refractivity contribution < 1.29 is 9.32 Å². The fourth-order valence-corrected chi connectivity index (χ4v) is 1.68. The molecule has 5 nitrogen and oxygen atoms in total. The van der Waals surface area contributed by atoms with Crippen molar-refractivity contribution in [2.75, 3.05) is 0 Å². The summed E-state index contributed by atoms with van der Waals surface area (Å²) in [6.45, 7) is 1.82. The van der Waals surface area contributed by atoms with Gasteiger partial charge in [-0.15, -0.1) is 11.3 Å². The zero-order valence-corrected chi connectivity index (χ0v) is 8.17. The second kappa shape index (κ2) is 3.22. The maximum absolute atomic E-state index is 10.8. The van der Waals surface area contributed by atoms with Crippen molar-refractivity contribution in [1.29, 1.82) is 0 Å². The van der Waals surface area contributed by atoms with Gasteiger partial charge >= 0.3 is 0 Å². The van der Waals surface area contributed by atoms with Gasteiger partial charge in [0.25, 0.3) is 5.91 Å². The molecule has 0 saturated carbocycles. The van der Waals surface area contributed by atoms with E-state index in [1.807, 2.05) is 6.92 Å². The van der Waals surface area contributed by atoms with E-state index in [9.17, 15) is 4.79 Å². The van der Waals surface area contributed by atoms with Crippen LogP contribution in [-0.2, 0) is 0 Å². The molecule has 0 bridgehead atoms. The van der Waals surface area contributed by atoms with Gasteiger partial charge in [-0.1, -0.05) is 5.16 Å². The molecule has 1 amide bonds. The second-order valence-electron chi connectivity index (χ2n) is 2.73. The van der Waals surface area contributed by atoms with Crippen molar-refractivity contribution in [3.05, 3.63) is 22.8 Å². The maximum atomic E-state index is 10.8. The van der Waals surface area contributed by atoms with Gasteiger partial charge in [0.2, 0.25) is 0 Å². The van der Waals surface area contributed by atoms with Crippen molar-refractivity contribution >= 4 is 17.2 Å². The molecule has 0 unspecified atom stereocenters. The third-order valence-corrected chi connectivity index (χ3v) is 2.61. The zero-order chi connectivity index (χ0) is 10.1. The molecule has 0 aliphatic heterocycles. The number of primary amides is 1. The average molecular weight is 209 g/mol. The molecular formula is C8H7N3O2S. The highest BCUT2D eigenvalue weighted by atomic mass is 32.1. The predicted octanol–water partition coefficient (Wildman–Crippen LogP) is 1.21. The molecule has 2 rings (SSSR count). The lowest BCUT2D eigenvalue weighted by molar-refractivity contribution is 0.100. The van der Waals surface area contributed by atoms with E-state index < -0.39 is 5.91 Å². The number of hydrogen-bond donors (Lipinski definition) is 1. The van der Waals surface area contributed by atoms with Gasteiger partial charge in [0.1, 0.15) is 4.88 Å².